The maximum atomic E-state index is 11.8. The number of hydrogen-bond acceptors (Lipinski definition) is 6. The number of amides is 1. The molecule has 0 fully saturated rings. The van der Waals surface area contributed by atoms with Crippen LogP contribution in [0.15, 0.2) is 76.2 Å². The Morgan fingerprint density at radius 2 is 1.73 bits per heavy atom. The van der Waals surface area contributed by atoms with Gasteiger partial charge in [0.2, 0.25) is 5.76 Å². The second-order valence-electron chi connectivity index (χ2n) is 5.08. The zero-order valence-electron chi connectivity index (χ0n) is 13.4. The summed E-state index contributed by atoms with van der Waals surface area (Å²) in [6.07, 6.45) is 1.43. The molecule has 1 amide bonds. The Balaban J connectivity index is 1.56. The smallest absolute Gasteiger partial charge is 0.433 e. The second-order valence-corrected chi connectivity index (χ2v) is 5.08. The Labute approximate surface area is 147 Å². The van der Waals surface area contributed by atoms with E-state index in [2.05, 4.69) is 10.5 Å². The van der Waals surface area contributed by atoms with Gasteiger partial charge in [-0.15, -0.1) is 0 Å². The van der Waals surface area contributed by atoms with Gasteiger partial charge in [0.1, 0.15) is 16.4 Å². The quantitative estimate of drug-likeness (QED) is 0.413. The first-order chi connectivity index (χ1) is 12.6. The van der Waals surface area contributed by atoms with E-state index in [1.807, 2.05) is 30.3 Å². The van der Waals surface area contributed by atoms with Gasteiger partial charge in [-0.2, -0.15) is 5.10 Å². The molecule has 0 bridgehead atoms. The second kappa shape index (κ2) is 7.75. The Morgan fingerprint density at radius 1 is 1.04 bits per heavy atom. The number of carbonyl (C=O) groups excluding carboxylic acids is 1. The molecule has 0 saturated carbocycles. The lowest BCUT2D eigenvalue weighted by atomic mass is 10.2. The van der Waals surface area contributed by atoms with Crippen LogP contribution in [-0.2, 0) is 0 Å². The highest BCUT2D eigenvalue weighted by atomic mass is 16.6. The molecule has 0 unspecified atom stereocenters. The summed E-state index contributed by atoms with van der Waals surface area (Å²) in [7, 11) is 0. The number of nitro groups is 1. The molecule has 0 aliphatic carbocycles. The molecule has 8 nitrogen and oxygen atoms in total. The molecular formula is C18H13N3O5. The molecule has 0 spiro atoms. The predicted molar refractivity (Wildman–Crippen MR) is 93.4 cm³/mol. The molecule has 0 aliphatic rings. The monoisotopic (exact) mass is 351 g/mol. The molecule has 1 N–H and O–H groups in total. The van der Waals surface area contributed by atoms with Crippen molar-refractivity contribution >= 4 is 18.0 Å². The predicted octanol–water partition coefficient (Wildman–Crippen LogP) is 3.74. The third-order valence-electron chi connectivity index (χ3n) is 3.23. The number of carbonyl (C=O) groups is 1. The van der Waals surface area contributed by atoms with Crippen LogP contribution in [0.4, 0.5) is 5.88 Å². The lowest BCUT2D eigenvalue weighted by molar-refractivity contribution is -0.402. The summed E-state index contributed by atoms with van der Waals surface area (Å²) < 4.78 is 10.5. The average Bonchev–Trinajstić information content (AvgIpc) is 3.15. The van der Waals surface area contributed by atoms with E-state index in [4.69, 9.17) is 9.15 Å². The normalized spacial score (nSPS) is 10.6. The average molecular weight is 351 g/mol. The third kappa shape index (κ3) is 4.32. The van der Waals surface area contributed by atoms with Gasteiger partial charge in [-0.3, -0.25) is 14.9 Å². The van der Waals surface area contributed by atoms with Gasteiger partial charge in [-0.1, -0.05) is 18.2 Å². The highest BCUT2D eigenvalue weighted by Crippen LogP contribution is 2.20. The number of furan rings is 1. The number of rotatable bonds is 6. The Bertz CT molecular complexity index is 933. The van der Waals surface area contributed by atoms with Crippen molar-refractivity contribution in [2.45, 2.75) is 0 Å². The van der Waals surface area contributed by atoms with Crippen molar-refractivity contribution in [1.29, 1.82) is 0 Å². The zero-order chi connectivity index (χ0) is 18.4. The highest BCUT2D eigenvalue weighted by Gasteiger charge is 2.16. The third-order valence-corrected chi connectivity index (χ3v) is 3.23. The summed E-state index contributed by atoms with van der Waals surface area (Å²) in [6.45, 7) is 0. The fourth-order valence-electron chi connectivity index (χ4n) is 2.01. The lowest BCUT2D eigenvalue weighted by Gasteiger charge is -2.05. The van der Waals surface area contributed by atoms with Crippen molar-refractivity contribution in [1.82, 2.24) is 5.43 Å². The Hall–Kier alpha value is -3.94. The van der Waals surface area contributed by atoms with Crippen LogP contribution in [0.1, 0.15) is 16.1 Å². The van der Waals surface area contributed by atoms with Gasteiger partial charge in [-0.25, -0.2) is 5.43 Å². The molecule has 1 heterocycles. The largest absolute Gasteiger partial charge is 0.457 e. The Kier molecular flexibility index (Phi) is 5.04. The minimum absolute atomic E-state index is 0.194. The van der Waals surface area contributed by atoms with Crippen molar-refractivity contribution in [2.75, 3.05) is 0 Å². The summed E-state index contributed by atoms with van der Waals surface area (Å²) in [4.78, 5) is 21.6. The minimum Gasteiger partial charge on any atom is -0.457 e. The van der Waals surface area contributed by atoms with E-state index in [0.29, 0.717) is 5.75 Å². The maximum Gasteiger partial charge on any atom is 0.433 e. The van der Waals surface area contributed by atoms with Crippen LogP contribution in [0.2, 0.25) is 0 Å². The molecule has 0 atom stereocenters. The summed E-state index contributed by atoms with van der Waals surface area (Å²) in [5, 5.41) is 14.3. The standard InChI is InChI=1S/C18H13N3O5/c22-18(16-10-11-17(26-16)21(23)24)20-19-12-13-6-8-15(9-7-13)25-14-4-2-1-3-5-14/h1-12H,(H,20,22)/b19-12+. The van der Waals surface area contributed by atoms with Gasteiger partial charge < -0.3 is 9.15 Å². The number of nitrogens with zero attached hydrogens (tertiary/aromatic N) is 2. The molecule has 3 rings (SSSR count). The van der Waals surface area contributed by atoms with Crippen LogP contribution >= 0.6 is 0 Å². The first-order valence-corrected chi connectivity index (χ1v) is 7.52. The fourth-order valence-corrected chi connectivity index (χ4v) is 2.01. The van der Waals surface area contributed by atoms with E-state index in [9.17, 15) is 14.9 Å². The number of nitrogens with one attached hydrogen (secondary N) is 1. The number of hydrogen-bond donors (Lipinski definition) is 1. The van der Waals surface area contributed by atoms with Crippen molar-refractivity contribution in [3.8, 4) is 11.5 Å². The molecule has 130 valence electrons. The number of benzene rings is 2. The molecule has 2 aromatic carbocycles. The number of para-hydroxylation sites is 1. The topological polar surface area (TPSA) is 107 Å². The molecule has 26 heavy (non-hydrogen) atoms. The summed E-state index contributed by atoms with van der Waals surface area (Å²) >= 11 is 0. The van der Waals surface area contributed by atoms with Gasteiger partial charge in [-0.05, 0) is 48.0 Å². The van der Waals surface area contributed by atoms with Crippen LogP contribution < -0.4 is 10.2 Å². The first-order valence-electron chi connectivity index (χ1n) is 7.52. The van der Waals surface area contributed by atoms with Crippen molar-refractivity contribution in [2.24, 2.45) is 5.10 Å². The molecule has 0 radical (unpaired) electrons. The molecule has 0 saturated heterocycles. The maximum absolute atomic E-state index is 11.8. The van der Waals surface area contributed by atoms with Crippen LogP contribution in [-0.4, -0.2) is 17.0 Å². The molecule has 0 aliphatic heterocycles. The van der Waals surface area contributed by atoms with Gasteiger partial charge in [0, 0.05) is 0 Å². The van der Waals surface area contributed by atoms with Crippen LogP contribution in [0, 0.1) is 10.1 Å². The molecular weight excluding hydrogens is 338 g/mol. The van der Waals surface area contributed by atoms with Crippen molar-refractivity contribution in [3.63, 3.8) is 0 Å². The van der Waals surface area contributed by atoms with E-state index in [-0.39, 0.29) is 5.76 Å². The van der Waals surface area contributed by atoms with E-state index in [0.717, 1.165) is 17.4 Å². The summed E-state index contributed by atoms with van der Waals surface area (Å²) in [5.41, 5.74) is 2.97. The van der Waals surface area contributed by atoms with Crippen LogP contribution in [0.3, 0.4) is 0 Å². The van der Waals surface area contributed by atoms with Crippen molar-refractivity contribution in [3.05, 3.63) is 88.2 Å². The lowest BCUT2D eigenvalue weighted by Crippen LogP contribution is -2.16. The minimum atomic E-state index is -0.723. The van der Waals surface area contributed by atoms with Crippen molar-refractivity contribution < 1.29 is 18.9 Å². The molecule has 3 aromatic rings. The Morgan fingerprint density at radius 3 is 2.38 bits per heavy atom. The number of hydrazone groups is 1. The van der Waals surface area contributed by atoms with Crippen LogP contribution in [0.25, 0.3) is 0 Å². The van der Waals surface area contributed by atoms with Gasteiger partial charge in [0.15, 0.2) is 0 Å². The SMILES string of the molecule is O=C(N/N=C/c1ccc(Oc2ccccc2)cc1)c1ccc([N+](=O)[O-])o1. The van der Waals surface area contributed by atoms with E-state index in [1.165, 1.54) is 12.3 Å². The van der Waals surface area contributed by atoms with E-state index in [1.54, 1.807) is 24.3 Å². The van der Waals surface area contributed by atoms with E-state index < -0.39 is 16.7 Å². The van der Waals surface area contributed by atoms with Gasteiger partial charge >= 0.3 is 11.8 Å². The number of ether oxygens (including phenoxy) is 1. The van der Waals surface area contributed by atoms with Gasteiger partial charge in [0.05, 0.1) is 12.3 Å². The highest BCUT2D eigenvalue weighted by molar-refractivity contribution is 5.92. The first kappa shape index (κ1) is 16.9. The molecule has 1 aromatic heterocycles. The summed E-state index contributed by atoms with van der Waals surface area (Å²) in [5.74, 6) is 0.0148. The van der Waals surface area contributed by atoms with E-state index >= 15 is 0 Å². The zero-order valence-corrected chi connectivity index (χ0v) is 13.4. The fraction of sp³-hybridized carbons (Fsp3) is 0. The van der Waals surface area contributed by atoms with Crippen LogP contribution in [0.5, 0.6) is 11.5 Å². The van der Waals surface area contributed by atoms with Gasteiger partial charge in [0.25, 0.3) is 0 Å². The molecule has 8 heteroatoms. The summed E-state index contributed by atoms with van der Waals surface area (Å²) in [6, 6.07) is 18.8.